The fourth-order valence-electron chi connectivity index (χ4n) is 3.35. The summed E-state index contributed by atoms with van der Waals surface area (Å²) >= 11 is 0. The molecular weight excluding hydrogens is 344 g/mol. The van der Waals surface area contributed by atoms with Crippen molar-refractivity contribution in [2.24, 2.45) is 5.41 Å². The monoisotopic (exact) mass is 378 g/mol. The van der Waals surface area contributed by atoms with Gasteiger partial charge in [-0.2, -0.15) is 0 Å². The predicted octanol–water partition coefficient (Wildman–Crippen LogP) is 6.73. The molecule has 0 heterocycles. The summed E-state index contributed by atoms with van der Waals surface area (Å²) in [7, 11) is 0. The lowest BCUT2D eigenvalue weighted by Gasteiger charge is -2.31. The number of aldehydes is 2. The topological polar surface area (TPSA) is 34.1 Å². The SMILES string of the molecule is C=CC(c1ccccc1)C(C)(C=O)CCCC.CC(CC=O)c1ccccc1. The average Bonchev–Trinajstić information content (AvgIpc) is 2.75. The van der Waals surface area contributed by atoms with Gasteiger partial charge < -0.3 is 9.59 Å². The minimum absolute atomic E-state index is 0.104. The summed E-state index contributed by atoms with van der Waals surface area (Å²) in [6.07, 6.45) is 7.69. The van der Waals surface area contributed by atoms with Gasteiger partial charge in [-0.25, -0.2) is 0 Å². The van der Waals surface area contributed by atoms with E-state index in [2.05, 4.69) is 32.6 Å². The highest BCUT2D eigenvalue weighted by Gasteiger charge is 2.32. The number of unbranched alkanes of at least 4 members (excludes halogenated alkanes) is 1. The Balaban J connectivity index is 0.000000307. The van der Waals surface area contributed by atoms with Gasteiger partial charge in [-0.3, -0.25) is 0 Å². The zero-order valence-corrected chi connectivity index (χ0v) is 17.5. The lowest BCUT2D eigenvalue weighted by molar-refractivity contribution is -0.116. The molecule has 0 saturated carbocycles. The van der Waals surface area contributed by atoms with E-state index < -0.39 is 0 Å². The molecule has 3 atom stereocenters. The van der Waals surface area contributed by atoms with Gasteiger partial charge in [-0.1, -0.05) is 100 Å². The van der Waals surface area contributed by atoms with E-state index in [1.165, 1.54) is 11.1 Å². The second kappa shape index (κ2) is 12.8. The molecule has 0 amide bonds. The van der Waals surface area contributed by atoms with Crippen LogP contribution < -0.4 is 0 Å². The summed E-state index contributed by atoms with van der Waals surface area (Å²) in [4.78, 5) is 21.6. The largest absolute Gasteiger partial charge is 0.303 e. The van der Waals surface area contributed by atoms with Crippen molar-refractivity contribution in [1.29, 1.82) is 0 Å². The van der Waals surface area contributed by atoms with Crippen molar-refractivity contribution in [3.63, 3.8) is 0 Å². The molecule has 2 heteroatoms. The van der Waals surface area contributed by atoms with Crippen molar-refractivity contribution in [1.82, 2.24) is 0 Å². The molecule has 2 rings (SSSR count). The number of allylic oxidation sites excluding steroid dienone is 1. The van der Waals surface area contributed by atoms with Crippen molar-refractivity contribution in [3.05, 3.63) is 84.4 Å². The van der Waals surface area contributed by atoms with Crippen LogP contribution in [0.2, 0.25) is 0 Å². The van der Waals surface area contributed by atoms with Crippen LogP contribution in [0.3, 0.4) is 0 Å². The minimum Gasteiger partial charge on any atom is -0.303 e. The third-order valence-corrected chi connectivity index (χ3v) is 5.26. The fourth-order valence-corrected chi connectivity index (χ4v) is 3.35. The molecule has 2 aromatic carbocycles. The lowest BCUT2D eigenvalue weighted by atomic mass is 9.71. The standard InChI is InChI=1S/C16H22O.C10H12O/c1-4-6-12-16(3,13-17)15(5-2)14-10-8-7-9-11-14;1-9(7-8-11)10-5-3-2-4-6-10/h5,7-11,13,15H,2,4,6,12H2,1,3H3;2-6,8-9H,7H2,1H3. The summed E-state index contributed by atoms with van der Waals surface area (Å²) in [6.45, 7) is 10.1. The number of hydrogen-bond donors (Lipinski definition) is 0. The molecule has 0 saturated heterocycles. The number of carbonyl (C=O) groups is 2. The molecule has 0 aromatic heterocycles. The Labute approximate surface area is 170 Å². The number of carbonyl (C=O) groups excluding carboxylic acids is 2. The van der Waals surface area contributed by atoms with Crippen molar-refractivity contribution in [3.8, 4) is 0 Å². The maximum Gasteiger partial charge on any atom is 0.126 e. The number of benzene rings is 2. The van der Waals surface area contributed by atoms with Crippen LogP contribution in [0, 0.1) is 5.41 Å². The minimum atomic E-state index is -0.334. The van der Waals surface area contributed by atoms with Crippen molar-refractivity contribution < 1.29 is 9.59 Å². The van der Waals surface area contributed by atoms with Crippen LogP contribution in [0.1, 0.15) is 69.4 Å². The molecule has 0 spiro atoms. The Morgan fingerprint density at radius 2 is 1.50 bits per heavy atom. The predicted molar refractivity (Wildman–Crippen MR) is 119 cm³/mol. The first-order valence-corrected chi connectivity index (χ1v) is 10.1. The lowest BCUT2D eigenvalue weighted by Crippen LogP contribution is -2.26. The highest BCUT2D eigenvalue weighted by molar-refractivity contribution is 5.62. The van der Waals surface area contributed by atoms with Crippen molar-refractivity contribution >= 4 is 12.6 Å². The van der Waals surface area contributed by atoms with Gasteiger partial charge in [0.25, 0.3) is 0 Å². The van der Waals surface area contributed by atoms with E-state index >= 15 is 0 Å². The van der Waals surface area contributed by atoms with Crippen molar-refractivity contribution in [2.75, 3.05) is 0 Å². The Bertz CT molecular complexity index is 693. The molecule has 0 radical (unpaired) electrons. The maximum atomic E-state index is 11.5. The molecule has 2 aromatic rings. The second-order valence-electron chi connectivity index (χ2n) is 7.57. The van der Waals surface area contributed by atoms with E-state index in [0.717, 1.165) is 31.8 Å². The van der Waals surface area contributed by atoms with Crippen LogP contribution in [0.4, 0.5) is 0 Å². The molecule has 0 aliphatic carbocycles. The van der Waals surface area contributed by atoms with Gasteiger partial charge in [0.05, 0.1) is 0 Å². The van der Waals surface area contributed by atoms with Crippen LogP contribution in [0.25, 0.3) is 0 Å². The summed E-state index contributed by atoms with van der Waals surface area (Å²) in [5.41, 5.74) is 2.08. The molecular formula is C26H34O2. The highest BCUT2D eigenvalue weighted by Crippen LogP contribution is 2.39. The molecule has 0 aliphatic rings. The second-order valence-corrected chi connectivity index (χ2v) is 7.57. The van der Waals surface area contributed by atoms with Crippen molar-refractivity contribution in [2.45, 2.75) is 58.3 Å². The Morgan fingerprint density at radius 1 is 0.964 bits per heavy atom. The van der Waals surface area contributed by atoms with Crippen LogP contribution in [-0.4, -0.2) is 12.6 Å². The van der Waals surface area contributed by atoms with Gasteiger partial charge in [0.1, 0.15) is 12.6 Å². The van der Waals surface area contributed by atoms with Gasteiger partial charge >= 0.3 is 0 Å². The van der Waals surface area contributed by atoms with Gasteiger partial charge in [0, 0.05) is 17.8 Å². The van der Waals surface area contributed by atoms with Crippen LogP contribution in [0.15, 0.2) is 73.3 Å². The maximum absolute atomic E-state index is 11.5. The normalized spacial score (nSPS) is 14.5. The Hall–Kier alpha value is -2.48. The zero-order valence-electron chi connectivity index (χ0n) is 17.5. The third-order valence-electron chi connectivity index (χ3n) is 5.26. The molecule has 0 bridgehead atoms. The van der Waals surface area contributed by atoms with Gasteiger partial charge in [-0.15, -0.1) is 6.58 Å². The van der Waals surface area contributed by atoms with Crippen LogP contribution in [0.5, 0.6) is 0 Å². The van der Waals surface area contributed by atoms with Crippen LogP contribution in [-0.2, 0) is 9.59 Å². The summed E-state index contributed by atoms with van der Waals surface area (Å²) in [5, 5.41) is 0. The fraction of sp³-hybridized carbons (Fsp3) is 0.385. The Kier molecular flexibility index (Phi) is 10.8. The molecule has 0 fully saturated rings. The van der Waals surface area contributed by atoms with Gasteiger partial charge in [0.2, 0.25) is 0 Å². The highest BCUT2D eigenvalue weighted by atomic mass is 16.1. The van der Waals surface area contributed by atoms with Crippen LogP contribution >= 0.6 is 0 Å². The summed E-state index contributed by atoms with van der Waals surface area (Å²) in [5.74, 6) is 0.460. The van der Waals surface area contributed by atoms with E-state index in [1.54, 1.807) is 0 Å². The first kappa shape index (κ1) is 23.6. The first-order chi connectivity index (χ1) is 13.5. The summed E-state index contributed by atoms with van der Waals surface area (Å²) < 4.78 is 0. The number of rotatable bonds is 10. The average molecular weight is 379 g/mol. The number of hydrogen-bond acceptors (Lipinski definition) is 2. The molecule has 3 unspecified atom stereocenters. The third kappa shape index (κ3) is 7.26. The van der Waals surface area contributed by atoms with E-state index in [9.17, 15) is 9.59 Å². The zero-order chi connectivity index (χ0) is 20.8. The molecule has 150 valence electrons. The van der Waals surface area contributed by atoms with E-state index in [-0.39, 0.29) is 11.3 Å². The van der Waals surface area contributed by atoms with E-state index in [1.807, 2.05) is 61.5 Å². The van der Waals surface area contributed by atoms with Gasteiger partial charge in [-0.05, 0) is 23.5 Å². The van der Waals surface area contributed by atoms with E-state index in [4.69, 9.17) is 0 Å². The molecule has 0 aliphatic heterocycles. The Morgan fingerprint density at radius 3 is 1.93 bits per heavy atom. The quantitative estimate of drug-likeness (QED) is 0.339. The molecule has 28 heavy (non-hydrogen) atoms. The smallest absolute Gasteiger partial charge is 0.126 e. The van der Waals surface area contributed by atoms with E-state index in [0.29, 0.717) is 12.3 Å². The summed E-state index contributed by atoms with van der Waals surface area (Å²) in [6, 6.07) is 20.2. The van der Waals surface area contributed by atoms with Gasteiger partial charge in [0.15, 0.2) is 0 Å². The first-order valence-electron chi connectivity index (χ1n) is 10.1. The molecule has 0 N–H and O–H groups in total. The molecule has 2 nitrogen and oxygen atoms in total.